The number of rotatable bonds is 7. The lowest BCUT2D eigenvalue weighted by molar-refractivity contribution is -0.118. The smallest absolute Gasteiger partial charge is 0.264 e. The zero-order chi connectivity index (χ0) is 20.9. The number of carbonyl (C=O) groups is 1. The third-order valence-electron chi connectivity index (χ3n) is 5.06. The summed E-state index contributed by atoms with van der Waals surface area (Å²) in [5.41, 5.74) is 0.777. The molecule has 1 aromatic carbocycles. The molecule has 0 spiro atoms. The summed E-state index contributed by atoms with van der Waals surface area (Å²) in [4.78, 5) is 19.5. The van der Waals surface area contributed by atoms with Gasteiger partial charge in [0.2, 0.25) is 5.13 Å². The van der Waals surface area contributed by atoms with Gasteiger partial charge >= 0.3 is 0 Å². The number of hydrogen-bond donors (Lipinski definition) is 1. The number of thioether (sulfide) groups is 1. The highest BCUT2D eigenvalue weighted by molar-refractivity contribution is 8.01. The average Bonchev–Trinajstić information content (AvgIpc) is 3.19. The number of anilines is 2. The largest absolute Gasteiger partial charge is 0.481 e. The summed E-state index contributed by atoms with van der Waals surface area (Å²) < 4.78 is 6.66. The maximum Gasteiger partial charge on any atom is 0.264 e. The fourth-order valence-electron chi connectivity index (χ4n) is 3.38. The first-order valence-corrected chi connectivity index (χ1v) is 12.0. The van der Waals surface area contributed by atoms with Crippen molar-refractivity contribution in [1.82, 2.24) is 15.2 Å². The van der Waals surface area contributed by atoms with Gasteiger partial charge in [-0.1, -0.05) is 49.1 Å². The van der Waals surface area contributed by atoms with E-state index in [9.17, 15) is 4.79 Å². The van der Waals surface area contributed by atoms with E-state index in [0.29, 0.717) is 10.9 Å². The molecule has 1 saturated heterocycles. The molecule has 0 bridgehead atoms. The Balaban J connectivity index is 1.43. The second-order valence-electron chi connectivity index (χ2n) is 7.31. The lowest BCUT2D eigenvalue weighted by Crippen LogP contribution is -2.33. The van der Waals surface area contributed by atoms with Crippen LogP contribution in [0.5, 0.6) is 5.75 Å². The molecule has 1 N–H and O–H groups in total. The molecule has 30 heavy (non-hydrogen) atoms. The molecule has 4 rings (SSSR count). The predicted molar refractivity (Wildman–Crippen MR) is 123 cm³/mol. The van der Waals surface area contributed by atoms with Crippen LogP contribution in [0.15, 0.2) is 34.7 Å². The van der Waals surface area contributed by atoms with Crippen molar-refractivity contribution in [2.24, 2.45) is 5.92 Å². The number of nitrogens with zero attached hydrogens (tertiary/aromatic N) is 4. The van der Waals surface area contributed by atoms with Crippen molar-refractivity contribution in [2.75, 3.05) is 35.7 Å². The van der Waals surface area contributed by atoms with Gasteiger partial charge in [0.05, 0.1) is 0 Å². The highest BCUT2D eigenvalue weighted by atomic mass is 32.2. The van der Waals surface area contributed by atoms with Crippen molar-refractivity contribution in [2.45, 2.75) is 31.0 Å². The van der Waals surface area contributed by atoms with Crippen LogP contribution in [-0.4, -0.2) is 46.5 Å². The number of hydrogen-bond acceptors (Lipinski definition) is 8. The highest BCUT2D eigenvalue weighted by Crippen LogP contribution is 2.29. The normalized spacial score (nSPS) is 14.8. The van der Waals surface area contributed by atoms with Crippen molar-refractivity contribution in [3.05, 3.63) is 30.3 Å². The fourth-order valence-corrected chi connectivity index (χ4v) is 5.05. The third-order valence-corrected chi connectivity index (χ3v) is 6.91. The molecule has 7 nitrogen and oxygen atoms in total. The number of benzene rings is 1. The van der Waals surface area contributed by atoms with Gasteiger partial charge in [-0.25, -0.2) is 4.98 Å². The van der Waals surface area contributed by atoms with E-state index < -0.39 is 0 Å². The van der Waals surface area contributed by atoms with E-state index >= 15 is 0 Å². The standard InChI is InChI=1S/C21H25N5O2S2/c1-3-29-21-25-24-20(30-21)23-18(27)13-28-16-6-4-5-15-7-8-17(22-19(15)16)26-11-9-14(2)10-12-26/h4-8,14H,3,9-13H2,1-2H3,(H,23,24,27). The van der Waals surface area contributed by atoms with Crippen molar-refractivity contribution in [3.8, 4) is 5.75 Å². The van der Waals surface area contributed by atoms with Crippen LogP contribution in [0.2, 0.25) is 0 Å². The Morgan fingerprint density at radius 3 is 2.90 bits per heavy atom. The second-order valence-corrected chi connectivity index (χ2v) is 9.80. The molecule has 1 fully saturated rings. The summed E-state index contributed by atoms with van der Waals surface area (Å²) in [5.74, 6) is 2.98. The van der Waals surface area contributed by atoms with Gasteiger partial charge in [-0.3, -0.25) is 10.1 Å². The Labute approximate surface area is 184 Å². The molecule has 0 aliphatic carbocycles. The van der Waals surface area contributed by atoms with Crippen LogP contribution in [0.4, 0.5) is 10.9 Å². The number of ether oxygens (including phenoxy) is 1. The molecular weight excluding hydrogens is 418 g/mol. The van der Waals surface area contributed by atoms with Gasteiger partial charge in [0.15, 0.2) is 10.9 Å². The van der Waals surface area contributed by atoms with E-state index in [1.807, 2.05) is 25.1 Å². The van der Waals surface area contributed by atoms with Gasteiger partial charge < -0.3 is 9.64 Å². The van der Waals surface area contributed by atoms with Crippen molar-refractivity contribution in [3.63, 3.8) is 0 Å². The molecule has 3 heterocycles. The first-order chi connectivity index (χ1) is 14.6. The van der Waals surface area contributed by atoms with E-state index in [0.717, 1.165) is 45.8 Å². The molecular formula is C21H25N5O2S2. The van der Waals surface area contributed by atoms with Gasteiger partial charge in [0.1, 0.15) is 17.1 Å². The highest BCUT2D eigenvalue weighted by Gasteiger charge is 2.18. The topological polar surface area (TPSA) is 80.2 Å². The van der Waals surface area contributed by atoms with Crippen LogP contribution in [0.1, 0.15) is 26.7 Å². The van der Waals surface area contributed by atoms with Gasteiger partial charge in [0, 0.05) is 18.5 Å². The van der Waals surface area contributed by atoms with Crippen LogP contribution in [0, 0.1) is 5.92 Å². The number of pyridine rings is 1. The number of piperidine rings is 1. The molecule has 158 valence electrons. The second kappa shape index (κ2) is 9.61. The first-order valence-electron chi connectivity index (χ1n) is 10.2. The first kappa shape index (κ1) is 20.9. The van der Waals surface area contributed by atoms with E-state index in [2.05, 4.69) is 39.5 Å². The minimum absolute atomic E-state index is 0.109. The molecule has 0 unspecified atom stereocenters. The lowest BCUT2D eigenvalue weighted by atomic mass is 9.99. The molecule has 0 saturated carbocycles. The lowest BCUT2D eigenvalue weighted by Gasteiger charge is -2.31. The van der Waals surface area contributed by atoms with Crippen LogP contribution in [0.25, 0.3) is 10.9 Å². The SMILES string of the molecule is CCSc1nnc(NC(=O)COc2cccc3ccc(N4CCC(C)CC4)nc23)s1. The Bertz CT molecular complexity index is 1020. The maximum atomic E-state index is 12.3. The summed E-state index contributed by atoms with van der Waals surface area (Å²) in [6.07, 6.45) is 2.37. The maximum absolute atomic E-state index is 12.3. The monoisotopic (exact) mass is 443 g/mol. The van der Waals surface area contributed by atoms with Gasteiger partial charge in [-0.05, 0) is 42.7 Å². The molecule has 2 aromatic heterocycles. The number of nitrogens with one attached hydrogen (secondary N) is 1. The number of aromatic nitrogens is 3. The summed E-state index contributed by atoms with van der Waals surface area (Å²) in [5, 5.41) is 12.3. The van der Waals surface area contributed by atoms with Crippen LogP contribution < -0.4 is 15.0 Å². The summed E-state index contributed by atoms with van der Waals surface area (Å²) in [6, 6.07) is 9.91. The predicted octanol–water partition coefficient (Wildman–Crippen LogP) is 4.45. The quantitative estimate of drug-likeness (QED) is 0.427. The molecule has 3 aromatic rings. The number of para-hydroxylation sites is 1. The van der Waals surface area contributed by atoms with Crippen molar-refractivity contribution >= 4 is 50.9 Å². The van der Waals surface area contributed by atoms with Crippen LogP contribution in [0.3, 0.4) is 0 Å². The van der Waals surface area contributed by atoms with Gasteiger partial charge in [-0.15, -0.1) is 10.2 Å². The van der Waals surface area contributed by atoms with Crippen LogP contribution >= 0.6 is 23.1 Å². The minimum Gasteiger partial charge on any atom is -0.481 e. The summed E-state index contributed by atoms with van der Waals surface area (Å²) in [7, 11) is 0. The zero-order valence-corrected chi connectivity index (χ0v) is 18.8. The Morgan fingerprint density at radius 2 is 2.10 bits per heavy atom. The Hall–Kier alpha value is -2.39. The van der Waals surface area contributed by atoms with E-state index in [4.69, 9.17) is 9.72 Å². The molecule has 1 aliphatic rings. The molecule has 1 aliphatic heterocycles. The Morgan fingerprint density at radius 1 is 1.27 bits per heavy atom. The van der Waals surface area contributed by atoms with Gasteiger partial charge in [0.25, 0.3) is 5.91 Å². The molecule has 0 radical (unpaired) electrons. The summed E-state index contributed by atoms with van der Waals surface area (Å²) in [6.45, 7) is 6.28. The minimum atomic E-state index is -0.266. The molecule has 9 heteroatoms. The van der Waals surface area contributed by atoms with Crippen molar-refractivity contribution in [1.29, 1.82) is 0 Å². The molecule has 0 atom stereocenters. The van der Waals surface area contributed by atoms with E-state index in [1.165, 1.54) is 24.2 Å². The van der Waals surface area contributed by atoms with Gasteiger partial charge in [-0.2, -0.15) is 0 Å². The third kappa shape index (κ3) is 5.02. The zero-order valence-electron chi connectivity index (χ0n) is 17.1. The molecule has 1 amide bonds. The van der Waals surface area contributed by atoms with E-state index in [-0.39, 0.29) is 12.5 Å². The average molecular weight is 444 g/mol. The number of fused-ring (bicyclic) bond motifs is 1. The number of amides is 1. The Kier molecular flexibility index (Phi) is 6.69. The van der Waals surface area contributed by atoms with Crippen LogP contribution in [-0.2, 0) is 4.79 Å². The number of carbonyl (C=O) groups excluding carboxylic acids is 1. The van der Waals surface area contributed by atoms with Crippen molar-refractivity contribution < 1.29 is 9.53 Å². The van der Waals surface area contributed by atoms with E-state index in [1.54, 1.807) is 11.8 Å². The fraction of sp³-hybridized carbons (Fsp3) is 0.429. The summed E-state index contributed by atoms with van der Waals surface area (Å²) >= 11 is 2.96.